The maximum absolute atomic E-state index is 10.6. The predicted molar refractivity (Wildman–Crippen MR) is 42.2 cm³/mol. The van der Waals surface area contributed by atoms with E-state index in [-0.39, 0.29) is 5.25 Å². The Labute approximate surface area is 63.8 Å². The van der Waals surface area contributed by atoms with Gasteiger partial charge in [-0.2, -0.15) is 0 Å². The Morgan fingerprint density at radius 1 is 1.56 bits per heavy atom. The van der Waals surface area contributed by atoms with Crippen LogP contribution in [0.3, 0.4) is 0 Å². The van der Waals surface area contributed by atoms with E-state index < -0.39 is 8.27 Å². The summed E-state index contributed by atoms with van der Waals surface area (Å²) in [5.74, 6) is 0. The second-order valence-corrected chi connectivity index (χ2v) is 6.54. The molecule has 0 spiro atoms. The van der Waals surface area contributed by atoms with Crippen molar-refractivity contribution in [3.8, 4) is 0 Å². The van der Waals surface area contributed by atoms with Crippen molar-refractivity contribution in [3.63, 3.8) is 0 Å². The molecule has 0 aliphatic heterocycles. The van der Waals surface area contributed by atoms with Crippen LogP contribution >= 0.6 is 14.8 Å². The van der Waals surface area contributed by atoms with Gasteiger partial charge in [-0.1, -0.05) is 13.3 Å². The molecule has 0 heterocycles. The molecule has 0 aliphatic rings. The molecule has 0 aromatic heterocycles. The van der Waals surface area contributed by atoms with Crippen molar-refractivity contribution in [1.29, 1.82) is 0 Å². The molecule has 0 saturated heterocycles. The summed E-state index contributed by atoms with van der Waals surface area (Å²) in [4.78, 5) is 0. The van der Waals surface area contributed by atoms with E-state index in [1.807, 2.05) is 6.92 Å². The Morgan fingerprint density at radius 3 is 2.11 bits per heavy atom. The van der Waals surface area contributed by atoms with Gasteiger partial charge in [0.05, 0.1) is 20.1 Å². The first-order chi connectivity index (χ1) is 3.98. The van der Waals surface area contributed by atoms with E-state index in [1.165, 1.54) is 0 Å². The first kappa shape index (κ1) is 9.43. The summed E-state index contributed by atoms with van der Waals surface area (Å²) in [5, 5.41) is -0.248. The fourth-order valence-corrected chi connectivity index (χ4v) is 1.63. The fourth-order valence-electron chi connectivity index (χ4n) is 0.547. The molecule has 0 aromatic carbocycles. The van der Waals surface area contributed by atoms with Crippen molar-refractivity contribution in [2.75, 3.05) is 0 Å². The van der Waals surface area contributed by atoms with E-state index in [1.54, 1.807) is 6.92 Å². The standard InChI is InChI=1S/C5H11BrO2S/c1-3-4-5(2)9(6,7)8/h5H,3-4H2,1-2H3. The maximum atomic E-state index is 10.6. The fraction of sp³-hybridized carbons (Fsp3) is 1.00. The highest BCUT2D eigenvalue weighted by Crippen LogP contribution is 2.13. The molecule has 1 atom stereocenters. The molecule has 0 aromatic rings. The minimum Gasteiger partial charge on any atom is -0.217 e. The van der Waals surface area contributed by atoms with Gasteiger partial charge in [0, 0.05) is 0 Å². The molecule has 0 rings (SSSR count). The van der Waals surface area contributed by atoms with Gasteiger partial charge in [-0.05, 0) is 13.3 Å². The van der Waals surface area contributed by atoms with E-state index in [0.717, 1.165) is 12.8 Å². The van der Waals surface area contributed by atoms with E-state index in [0.29, 0.717) is 0 Å². The van der Waals surface area contributed by atoms with Crippen LogP contribution in [0.4, 0.5) is 0 Å². The molecule has 56 valence electrons. The van der Waals surface area contributed by atoms with Gasteiger partial charge >= 0.3 is 0 Å². The second-order valence-electron chi connectivity index (χ2n) is 2.07. The van der Waals surface area contributed by atoms with Gasteiger partial charge in [-0.15, -0.1) is 0 Å². The normalized spacial score (nSPS) is 15.4. The van der Waals surface area contributed by atoms with Crippen LogP contribution in [-0.4, -0.2) is 13.7 Å². The maximum Gasteiger partial charge on any atom is 0.211 e. The minimum absolute atomic E-state index is 0.248. The van der Waals surface area contributed by atoms with Crippen LogP contribution in [0.5, 0.6) is 0 Å². The topological polar surface area (TPSA) is 34.1 Å². The molecule has 1 unspecified atom stereocenters. The van der Waals surface area contributed by atoms with Gasteiger partial charge in [0.15, 0.2) is 0 Å². The predicted octanol–water partition coefficient (Wildman–Crippen LogP) is 1.90. The lowest BCUT2D eigenvalue weighted by atomic mass is 10.3. The lowest BCUT2D eigenvalue weighted by molar-refractivity contribution is 0.592. The van der Waals surface area contributed by atoms with E-state index in [2.05, 4.69) is 14.8 Å². The van der Waals surface area contributed by atoms with Crippen LogP contribution in [0.25, 0.3) is 0 Å². The number of hydrogen-bond donors (Lipinski definition) is 0. The average Bonchev–Trinajstić information content (AvgIpc) is 1.64. The lowest BCUT2D eigenvalue weighted by Gasteiger charge is -2.03. The van der Waals surface area contributed by atoms with Crippen LogP contribution in [0, 0.1) is 0 Å². The summed E-state index contributed by atoms with van der Waals surface area (Å²) in [6, 6.07) is 0. The van der Waals surface area contributed by atoms with Crippen molar-refractivity contribution < 1.29 is 8.42 Å². The molecule has 9 heavy (non-hydrogen) atoms. The van der Waals surface area contributed by atoms with Gasteiger partial charge in [-0.3, -0.25) is 0 Å². The van der Waals surface area contributed by atoms with Gasteiger partial charge in [0.25, 0.3) is 0 Å². The van der Waals surface area contributed by atoms with Gasteiger partial charge in [-0.25, -0.2) is 8.42 Å². The minimum atomic E-state index is -2.95. The van der Waals surface area contributed by atoms with Crippen molar-refractivity contribution in [1.82, 2.24) is 0 Å². The zero-order chi connectivity index (χ0) is 7.49. The van der Waals surface area contributed by atoms with Crippen LogP contribution in [0.1, 0.15) is 26.7 Å². The highest BCUT2D eigenvalue weighted by molar-refractivity contribution is 9.47. The molecular weight excluding hydrogens is 204 g/mol. The Hall–Kier alpha value is 0.430. The molecule has 0 fully saturated rings. The first-order valence-electron chi connectivity index (χ1n) is 2.92. The third-order valence-electron chi connectivity index (χ3n) is 1.18. The summed E-state index contributed by atoms with van der Waals surface area (Å²) >= 11 is 2.62. The van der Waals surface area contributed by atoms with Crippen molar-refractivity contribution >= 4 is 23.1 Å². The molecule has 0 bridgehead atoms. The van der Waals surface area contributed by atoms with Crippen molar-refractivity contribution in [3.05, 3.63) is 0 Å². The van der Waals surface area contributed by atoms with Crippen LogP contribution in [0.2, 0.25) is 0 Å². The summed E-state index contributed by atoms with van der Waals surface area (Å²) in [6.45, 7) is 3.67. The lowest BCUT2D eigenvalue weighted by Crippen LogP contribution is -2.09. The summed E-state index contributed by atoms with van der Waals surface area (Å²) in [5.41, 5.74) is 0. The van der Waals surface area contributed by atoms with Gasteiger partial charge in [0.1, 0.15) is 0 Å². The molecule has 0 N–H and O–H groups in total. The molecule has 0 saturated carbocycles. The monoisotopic (exact) mass is 214 g/mol. The van der Waals surface area contributed by atoms with Crippen LogP contribution in [-0.2, 0) is 8.27 Å². The number of hydrogen-bond acceptors (Lipinski definition) is 2. The third kappa shape index (κ3) is 3.92. The van der Waals surface area contributed by atoms with E-state index >= 15 is 0 Å². The molecule has 0 amide bonds. The van der Waals surface area contributed by atoms with E-state index in [9.17, 15) is 8.42 Å². The molecule has 0 radical (unpaired) electrons. The largest absolute Gasteiger partial charge is 0.217 e. The second kappa shape index (κ2) is 3.56. The van der Waals surface area contributed by atoms with Crippen molar-refractivity contribution in [2.45, 2.75) is 31.9 Å². The van der Waals surface area contributed by atoms with Gasteiger partial charge in [0.2, 0.25) is 8.27 Å². The molecule has 2 nitrogen and oxygen atoms in total. The highest BCUT2D eigenvalue weighted by atomic mass is 79.9. The SMILES string of the molecule is CCCC(C)S(=O)(=O)Br. The van der Waals surface area contributed by atoms with Crippen molar-refractivity contribution in [2.24, 2.45) is 0 Å². The summed E-state index contributed by atoms with van der Waals surface area (Å²) in [6.07, 6.45) is 1.64. The van der Waals surface area contributed by atoms with Gasteiger partial charge < -0.3 is 0 Å². The zero-order valence-electron chi connectivity index (χ0n) is 5.59. The van der Waals surface area contributed by atoms with Crippen LogP contribution < -0.4 is 0 Å². The Balaban J connectivity index is 3.90. The molecular formula is C5H11BrO2S. The average molecular weight is 215 g/mol. The smallest absolute Gasteiger partial charge is 0.211 e. The summed E-state index contributed by atoms with van der Waals surface area (Å²) in [7, 11) is -2.95. The highest BCUT2D eigenvalue weighted by Gasteiger charge is 2.14. The number of halogens is 1. The molecule has 4 heteroatoms. The zero-order valence-corrected chi connectivity index (χ0v) is 8.00. The Bertz CT molecular complexity index is 162. The Kier molecular flexibility index (Phi) is 3.73. The number of rotatable bonds is 3. The first-order valence-corrected chi connectivity index (χ1v) is 6.31. The quantitative estimate of drug-likeness (QED) is 0.674. The third-order valence-corrected chi connectivity index (χ3v) is 4.29. The summed E-state index contributed by atoms with van der Waals surface area (Å²) < 4.78 is 21.3. The van der Waals surface area contributed by atoms with Crippen LogP contribution in [0.15, 0.2) is 0 Å². The van der Waals surface area contributed by atoms with E-state index in [4.69, 9.17) is 0 Å². The molecule has 0 aliphatic carbocycles. The Morgan fingerprint density at radius 2 is 2.00 bits per heavy atom.